The molecule has 162 valence electrons. The van der Waals surface area contributed by atoms with Crippen LogP contribution in [0.5, 0.6) is 0 Å². The SMILES string of the molecule is N[C@H]1C[C@@H](N2Cc3cn[nH]c3C2)CN(CCc2ccccn2)[C@@H]1c1cc(F)ccc1F. The first-order valence-electron chi connectivity index (χ1n) is 10.7. The maximum Gasteiger partial charge on any atom is 0.128 e. The summed E-state index contributed by atoms with van der Waals surface area (Å²) in [6, 6.07) is 9.02. The monoisotopic (exact) mass is 424 g/mol. The second-order valence-corrected chi connectivity index (χ2v) is 8.51. The van der Waals surface area contributed by atoms with Crippen molar-refractivity contribution < 1.29 is 8.78 Å². The summed E-state index contributed by atoms with van der Waals surface area (Å²) in [6.07, 6.45) is 5.09. The summed E-state index contributed by atoms with van der Waals surface area (Å²) in [5.41, 5.74) is 10.3. The van der Waals surface area contributed by atoms with Gasteiger partial charge in [-0.3, -0.25) is 19.9 Å². The molecule has 3 N–H and O–H groups in total. The summed E-state index contributed by atoms with van der Waals surface area (Å²) >= 11 is 0. The third kappa shape index (κ3) is 4.11. The molecule has 3 aromatic rings. The van der Waals surface area contributed by atoms with Crippen LogP contribution in [0.15, 0.2) is 48.8 Å². The normalized spacial score (nSPS) is 24.4. The van der Waals surface area contributed by atoms with Gasteiger partial charge >= 0.3 is 0 Å². The fourth-order valence-electron chi connectivity index (χ4n) is 4.99. The van der Waals surface area contributed by atoms with Crippen molar-refractivity contribution in [2.45, 2.75) is 44.1 Å². The van der Waals surface area contributed by atoms with E-state index in [0.29, 0.717) is 12.1 Å². The lowest BCUT2D eigenvalue weighted by Crippen LogP contribution is -2.56. The zero-order valence-corrected chi connectivity index (χ0v) is 17.2. The summed E-state index contributed by atoms with van der Waals surface area (Å²) in [5, 5.41) is 7.18. The average Bonchev–Trinajstić information content (AvgIpc) is 3.37. The van der Waals surface area contributed by atoms with Crippen molar-refractivity contribution in [3.05, 3.63) is 82.9 Å². The largest absolute Gasteiger partial charge is 0.326 e. The van der Waals surface area contributed by atoms with E-state index in [1.165, 1.54) is 17.7 Å². The highest BCUT2D eigenvalue weighted by Crippen LogP contribution is 2.36. The third-order valence-corrected chi connectivity index (χ3v) is 6.50. The van der Waals surface area contributed by atoms with Gasteiger partial charge in [-0.05, 0) is 36.8 Å². The van der Waals surface area contributed by atoms with Crippen LogP contribution >= 0.6 is 0 Å². The Morgan fingerprint density at radius 2 is 2.06 bits per heavy atom. The van der Waals surface area contributed by atoms with Crippen LogP contribution in [0.2, 0.25) is 0 Å². The molecule has 0 amide bonds. The number of rotatable bonds is 5. The Morgan fingerprint density at radius 3 is 2.87 bits per heavy atom. The number of likely N-dealkylation sites (tertiary alicyclic amines) is 1. The summed E-state index contributed by atoms with van der Waals surface area (Å²) in [6.45, 7) is 3.04. The van der Waals surface area contributed by atoms with Crippen molar-refractivity contribution in [2.75, 3.05) is 13.1 Å². The number of aromatic amines is 1. The molecule has 1 saturated heterocycles. The molecular weight excluding hydrogens is 398 g/mol. The van der Waals surface area contributed by atoms with Crippen LogP contribution in [0.3, 0.4) is 0 Å². The number of piperidine rings is 1. The van der Waals surface area contributed by atoms with Crippen molar-refractivity contribution in [3.8, 4) is 0 Å². The lowest BCUT2D eigenvalue weighted by Gasteiger charge is -2.46. The lowest BCUT2D eigenvalue weighted by molar-refractivity contribution is 0.0419. The summed E-state index contributed by atoms with van der Waals surface area (Å²) in [5.74, 6) is -0.855. The molecule has 1 aromatic carbocycles. The van der Waals surface area contributed by atoms with E-state index in [4.69, 9.17) is 5.73 Å². The average molecular weight is 424 g/mol. The van der Waals surface area contributed by atoms with Gasteiger partial charge in [0.1, 0.15) is 11.6 Å². The fraction of sp³-hybridized carbons (Fsp3) is 0.391. The molecule has 6 nitrogen and oxygen atoms in total. The van der Waals surface area contributed by atoms with E-state index in [0.717, 1.165) is 49.9 Å². The van der Waals surface area contributed by atoms with E-state index in [9.17, 15) is 8.78 Å². The lowest BCUT2D eigenvalue weighted by atomic mass is 9.87. The first-order chi connectivity index (χ1) is 15.1. The number of benzene rings is 1. The molecule has 0 unspecified atom stereocenters. The smallest absolute Gasteiger partial charge is 0.128 e. The van der Waals surface area contributed by atoms with Crippen LogP contribution in [0, 0.1) is 11.6 Å². The molecule has 8 heteroatoms. The van der Waals surface area contributed by atoms with Crippen molar-refractivity contribution in [1.82, 2.24) is 25.0 Å². The number of pyridine rings is 1. The quantitative estimate of drug-likeness (QED) is 0.659. The van der Waals surface area contributed by atoms with E-state index in [-0.39, 0.29) is 18.1 Å². The topological polar surface area (TPSA) is 74.1 Å². The van der Waals surface area contributed by atoms with E-state index < -0.39 is 11.6 Å². The van der Waals surface area contributed by atoms with Gasteiger partial charge in [-0.2, -0.15) is 5.10 Å². The predicted molar refractivity (Wildman–Crippen MR) is 113 cm³/mol. The van der Waals surface area contributed by atoms with Gasteiger partial charge in [0.25, 0.3) is 0 Å². The van der Waals surface area contributed by atoms with E-state index in [1.54, 1.807) is 6.20 Å². The number of nitrogens with two attached hydrogens (primary N) is 1. The molecule has 3 atom stereocenters. The van der Waals surface area contributed by atoms with Crippen LogP contribution in [-0.2, 0) is 19.5 Å². The van der Waals surface area contributed by atoms with E-state index in [1.807, 2.05) is 24.4 Å². The van der Waals surface area contributed by atoms with Gasteiger partial charge in [0.15, 0.2) is 0 Å². The number of hydrogen-bond donors (Lipinski definition) is 2. The van der Waals surface area contributed by atoms with E-state index in [2.05, 4.69) is 25.0 Å². The van der Waals surface area contributed by atoms with Gasteiger partial charge in [0, 0.05) is 67.7 Å². The molecule has 2 aliphatic heterocycles. The van der Waals surface area contributed by atoms with Gasteiger partial charge in [-0.15, -0.1) is 0 Å². The Kier molecular flexibility index (Phi) is 5.52. The van der Waals surface area contributed by atoms with Crippen molar-refractivity contribution >= 4 is 0 Å². The Labute approximate surface area is 180 Å². The fourth-order valence-corrected chi connectivity index (χ4v) is 4.99. The molecule has 2 aromatic heterocycles. The van der Waals surface area contributed by atoms with Crippen LogP contribution in [0.1, 0.15) is 35.0 Å². The zero-order chi connectivity index (χ0) is 21.4. The summed E-state index contributed by atoms with van der Waals surface area (Å²) in [4.78, 5) is 9.02. The number of nitrogens with one attached hydrogen (secondary N) is 1. The molecule has 2 aliphatic rings. The minimum Gasteiger partial charge on any atom is -0.326 e. The van der Waals surface area contributed by atoms with Crippen molar-refractivity contribution in [2.24, 2.45) is 5.73 Å². The number of aromatic nitrogens is 3. The Hall–Kier alpha value is -2.68. The van der Waals surface area contributed by atoms with Gasteiger partial charge in [0.05, 0.1) is 17.9 Å². The first kappa shape index (κ1) is 20.2. The Balaban J connectivity index is 1.40. The maximum atomic E-state index is 14.7. The highest BCUT2D eigenvalue weighted by atomic mass is 19.1. The molecule has 4 heterocycles. The van der Waals surface area contributed by atoms with Crippen molar-refractivity contribution in [1.29, 1.82) is 0 Å². The molecular formula is C23H26F2N6. The standard InChI is InChI=1S/C23H26F2N6/c24-16-4-5-20(25)19(9-16)23-21(26)10-18(31-12-15-11-28-29-22(15)14-31)13-30(23)8-6-17-3-1-2-7-27-17/h1-5,7,9,11,18,21,23H,6,8,10,12-14,26H2,(H,28,29)/t18-,21+,23-/m1/s1. The molecule has 31 heavy (non-hydrogen) atoms. The van der Waals surface area contributed by atoms with Crippen LogP contribution in [-0.4, -0.2) is 50.2 Å². The number of fused-ring (bicyclic) bond motifs is 1. The van der Waals surface area contributed by atoms with Crippen molar-refractivity contribution in [3.63, 3.8) is 0 Å². The predicted octanol–water partition coefficient (Wildman–Crippen LogP) is 2.78. The molecule has 0 spiro atoms. The van der Waals surface area contributed by atoms with Gasteiger partial charge < -0.3 is 5.73 Å². The zero-order valence-electron chi connectivity index (χ0n) is 17.2. The second-order valence-electron chi connectivity index (χ2n) is 8.51. The summed E-state index contributed by atoms with van der Waals surface area (Å²) < 4.78 is 28.7. The molecule has 0 radical (unpaired) electrons. The first-order valence-corrected chi connectivity index (χ1v) is 10.7. The minimum absolute atomic E-state index is 0.229. The number of hydrogen-bond acceptors (Lipinski definition) is 5. The maximum absolute atomic E-state index is 14.7. The van der Waals surface area contributed by atoms with Crippen LogP contribution in [0.4, 0.5) is 8.78 Å². The number of halogens is 2. The molecule has 0 aliphatic carbocycles. The highest BCUT2D eigenvalue weighted by Gasteiger charge is 2.40. The Morgan fingerprint density at radius 1 is 1.16 bits per heavy atom. The number of nitrogens with zero attached hydrogens (tertiary/aromatic N) is 4. The van der Waals surface area contributed by atoms with Gasteiger partial charge in [-0.25, -0.2) is 8.78 Å². The molecule has 1 fully saturated rings. The van der Waals surface area contributed by atoms with Gasteiger partial charge in [-0.1, -0.05) is 6.07 Å². The van der Waals surface area contributed by atoms with E-state index >= 15 is 0 Å². The van der Waals surface area contributed by atoms with Crippen LogP contribution in [0.25, 0.3) is 0 Å². The minimum atomic E-state index is -0.444. The van der Waals surface area contributed by atoms with Gasteiger partial charge in [0.2, 0.25) is 0 Å². The third-order valence-electron chi connectivity index (χ3n) is 6.50. The van der Waals surface area contributed by atoms with Crippen LogP contribution < -0.4 is 5.73 Å². The Bertz CT molecular complexity index is 1020. The summed E-state index contributed by atoms with van der Waals surface area (Å²) in [7, 11) is 0. The molecule has 0 bridgehead atoms. The number of H-pyrrole nitrogens is 1. The molecule has 0 saturated carbocycles. The highest BCUT2D eigenvalue weighted by molar-refractivity contribution is 5.26. The second kappa shape index (κ2) is 8.45. The molecule has 5 rings (SSSR count).